The highest BCUT2D eigenvalue weighted by Gasteiger charge is 2.27. The lowest BCUT2D eigenvalue weighted by Crippen LogP contribution is -2.31. The summed E-state index contributed by atoms with van der Waals surface area (Å²) in [6, 6.07) is 17.6. The van der Waals surface area contributed by atoms with Crippen LogP contribution in [0.4, 0.5) is 10.1 Å². The zero-order valence-electron chi connectivity index (χ0n) is 17.0. The van der Waals surface area contributed by atoms with E-state index in [-0.39, 0.29) is 16.8 Å². The van der Waals surface area contributed by atoms with Crippen LogP contribution in [-0.4, -0.2) is 22.6 Å². The second-order valence-corrected chi connectivity index (χ2v) is 8.78. The Balaban J connectivity index is 1.55. The van der Waals surface area contributed by atoms with Crippen LogP contribution in [0.15, 0.2) is 75.0 Å². The Morgan fingerprint density at radius 3 is 2.69 bits per heavy atom. The number of halogens is 2. The van der Waals surface area contributed by atoms with Crippen molar-refractivity contribution >= 4 is 35.0 Å². The molecule has 0 atom stereocenters. The van der Waals surface area contributed by atoms with Crippen LogP contribution in [0.3, 0.4) is 0 Å². The number of carbonyl (C=O) groups is 1. The predicted octanol–water partition coefficient (Wildman–Crippen LogP) is 6.72. The van der Waals surface area contributed by atoms with E-state index in [1.54, 1.807) is 11.8 Å². The van der Waals surface area contributed by atoms with E-state index in [1.807, 2.05) is 54.3 Å². The van der Waals surface area contributed by atoms with Crippen molar-refractivity contribution < 1.29 is 13.7 Å². The quantitative estimate of drug-likeness (QED) is 0.335. The summed E-state index contributed by atoms with van der Waals surface area (Å²) in [6.45, 7) is 2.67. The van der Waals surface area contributed by atoms with Gasteiger partial charge in [0.25, 0.3) is 11.8 Å². The van der Waals surface area contributed by atoms with Gasteiger partial charge in [-0.25, -0.2) is 4.39 Å². The van der Waals surface area contributed by atoms with E-state index in [2.05, 4.69) is 10.1 Å². The number of hydrogen-bond donors (Lipinski definition) is 0. The number of amides is 1. The van der Waals surface area contributed by atoms with Gasteiger partial charge in [-0.05, 0) is 55.0 Å². The summed E-state index contributed by atoms with van der Waals surface area (Å²) in [7, 11) is 0. The van der Waals surface area contributed by atoms with Gasteiger partial charge in [-0.2, -0.15) is 4.98 Å². The van der Waals surface area contributed by atoms with Crippen LogP contribution < -0.4 is 4.90 Å². The molecule has 1 aromatic heterocycles. The molecular weight excluding hydrogens is 449 g/mol. The van der Waals surface area contributed by atoms with Gasteiger partial charge in [0.05, 0.1) is 16.3 Å². The van der Waals surface area contributed by atoms with Crippen molar-refractivity contribution in [3.63, 3.8) is 0 Å². The van der Waals surface area contributed by atoms with Crippen molar-refractivity contribution in [2.45, 2.75) is 23.1 Å². The van der Waals surface area contributed by atoms with Crippen molar-refractivity contribution in [3.05, 3.63) is 77.1 Å². The predicted molar refractivity (Wildman–Crippen MR) is 123 cm³/mol. The normalized spacial score (nSPS) is 13.0. The molecule has 3 aromatic carbocycles. The van der Waals surface area contributed by atoms with E-state index in [0.717, 1.165) is 27.5 Å². The molecule has 0 bridgehead atoms. The first-order valence-corrected chi connectivity index (χ1v) is 11.3. The summed E-state index contributed by atoms with van der Waals surface area (Å²) in [5.74, 6) is 0.133. The number of aromatic nitrogens is 2. The average molecular weight is 466 g/mol. The van der Waals surface area contributed by atoms with Gasteiger partial charge in [-0.15, -0.1) is 0 Å². The minimum absolute atomic E-state index is 0.00325. The molecule has 5 rings (SSSR count). The number of nitrogens with zero attached hydrogens (tertiary/aromatic N) is 3. The average Bonchev–Trinajstić information content (AvgIpc) is 3.26. The Labute approximate surface area is 193 Å². The first kappa shape index (κ1) is 20.7. The third-order valence-corrected chi connectivity index (χ3v) is 6.54. The lowest BCUT2D eigenvalue weighted by Gasteiger charge is -2.22. The highest BCUT2D eigenvalue weighted by Crippen LogP contribution is 2.43. The summed E-state index contributed by atoms with van der Waals surface area (Å²) >= 11 is 7.42. The van der Waals surface area contributed by atoms with Crippen molar-refractivity contribution in [1.82, 2.24) is 10.1 Å². The summed E-state index contributed by atoms with van der Waals surface area (Å²) < 4.78 is 18.9. The van der Waals surface area contributed by atoms with Crippen molar-refractivity contribution in [2.24, 2.45) is 0 Å². The Morgan fingerprint density at radius 2 is 1.88 bits per heavy atom. The minimum Gasteiger partial charge on any atom is -0.334 e. The fraction of sp³-hybridized carbons (Fsp3) is 0.125. The Bertz CT molecular complexity index is 1340. The second-order valence-electron chi connectivity index (χ2n) is 7.29. The van der Waals surface area contributed by atoms with Gasteiger partial charge < -0.3 is 9.42 Å². The number of carbonyl (C=O) groups excluding carboxylic acids is 1. The number of hydrogen-bond acceptors (Lipinski definition) is 5. The van der Waals surface area contributed by atoms with Crippen LogP contribution in [0.2, 0.25) is 5.02 Å². The molecular formula is C24H17ClFN3O2S. The van der Waals surface area contributed by atoms with Gasteiger partial charge in [0, 0.05) is 27.5 Å². The number of anilines is 1. The van der Waals surface area contributed by atoms with Crippen LogP contribution >= 0.6 is 23.4 Å². The third-order valence-electron chi connectivity index (χ3n) is 5.13. The number of benzene rings is 3. The molecule has 0 N–H and O–H groups in total. The second kappa shape index (κ2) is 8.41. The molecule has 1 aliphatic rings. The van der Waals surface area contributed by atoms with Gasteiger partial charge in [0.1, 0.15) is 5.82 Å². The van der Waals surface area contributed by atoms with Gasteiger partial charge >= 0.3 is 0 Å². The monoisotopic (exact) mass is 465 g/mol. The van der Waals surface area contributed by atoms with E-state index in [9.17, 15) is 9.18 Å². The van der Waals surface area contributed by atoms with E-state index in [0.29, 0.717) is 23.5 Å². The van der Waals surface area contributed by atoms with E-state index >= 15 is 0 Å². The number of fused-ring (bicyclic) bond motifs is 2. The van der Waals surface area contributed by atoms with Gasteiger partial charge in [0.2, 0.25) is 5.82 Å². The topological polar surface area (TPSA) is 59.2 Å². The Kier molecular flexibility index (Phi) is 5.45. The van der Waals surface area contributed by atoms with Gasteiger partial charge in [-0.3, -0.25) is 4.79 Å². The Hall–Kier alpha value is -3.16. The molecule has 0 saturated carbocycles. The highest BCUT2D eigenvalue weighted by molar-refractivity contribution is 7.99. The van der Waals surface area contributed by atoms with Gasteiger partial charge in [-0.1, -0.05) is 47.6 Å². The molecule has 0 fully saturated rings. The molecule has 2 heterocycles. The fourth-order valence-electron chi connectivity index (χ4n) is 3.60. The summed E-state index contributed by atoms with van der Waals surface area (Å²) in [5.41, 5.74) is 2.84. The SMILES string of the molecule is CCCN1C(=O)c2ccccc2Sc2cc(-c3noc(-c4ccc(F)c(Cl)c4)n3)ccc21. The molecule has 5 nitrogen and oxygen atoms in total. The highest BCUT2D eigenvalue weighted by atomic mass is 35.5. The smallest absolute Gasteiger partial charge is 0.259 e. The van der Waals surface area contributed by atoms with Crippen LogP contribution in [-0.2, 0) is 0 Å². The molecule has 8 heteroatoms. The van der Waals surface area contributed by atoms with E-state index < -0.39 is 5.82 Å². The minimum atomic E-state index is -0.510. The first-order chi connectivity index (χ1) is 15.5. The van der Waals surface area contributed by atoms with Gasteiger partial charge in [0.15, 0.2) is 0 Å². The van der Waals surface area contributed by atoms with Crippen LogP contribution in [0, 0.1) is 5.82 Å². The zero-order valence-corrected chi connectivity index (χ0v) is 18.6. The maximum atomic E-state index is 13.5. The van der Waals surface area contributed by atoms with Crippen molar-refractivity contribution in [3.8, 4) is 22.8 Å². The summed E-state index contributed by atoms with van der Waals surface area (Å²) in [5, 5.41) is 4.08. The summed E-state index contributed by atoms with van der Waals surface area (Å²) in [4.78, 5) is 21.3. The molecule has 32 heavy (non-hydrogen) atoms. The molecule has 4 aromatic rings. The molecule has 0 saturated heterocycles. The standard InChI is InChI=1S/C24H17ClFN3O2S/c1-2-11-29-19-10-8-14(13-21(19)32-20-6-4-3-5-16(20)24(29)30)22-27-23(31-28-22)15-7-9-18(26)17(25)12-15/h3-10,12-13H,2,11H2,1H3. The molecule has 0 spiro atoms. The molecule has 1 amide bonds. The summed E-state index contributed by atoms with van der Waals surface area (Å²) in [6.07, 6.45) is 0.841. The maximum Gasteiger partial charge on any atom is 0.259 e. The molecule has 1 aliphatic heterocycles. The van der Waals surface area contributed by atoms with Crippen molar-refractivity contribution in [2.75, 3.05) is 11.4 Å². The third kappa shape index (κ3) is 3.67. The first-order valence-electron chi connectivity index (χ1n) is 10.1. The van der Waals surface area contributed by atoms with E-state index in [1.165, 1.54) is 18.2 Å². The van der Waals surface area contributed by atoms with Crippen LogP contribution in [0.5, 0.6) is 0 Å². The fourth-order valence-corrected chi connectivity index (χ4v) is 4.89. The lowest BCUT2D eigenvalue weighted by molar-refractivity contribution is 0.0984. The molecule has 0 radical (unpaired) electrons. The van der Waals surface area contributed by atoms with E-state index in [4.69, 9.17) is 16.1 Å². The van der Waals surface area contributed by atoms with Crippen LogP contribution in [0.1, 0.15) is 23.7 Å². The lowest BCUT2D eigenvalue weighted by atomic mass is 10.1. The zero-order chi connectivity index (χ0) is 22.2. The molecule has 160 valence electrons. The van der Waals surface area contributed by atoms with Crippen LogP contribution in [0.25, 0.3) is 22.8 Å². The number of rotatable bonds is 4. The largest absolute Gasteiger partial charge is 0.334 e. The molecule has 0 unspecified atom stereocenters. The maximum absolute atomic E-state index is 13.5. The van der Waals surface area contributed by atoms with Crippen molar-refractivity contribution in [1.29, 1.82) is 0 Å². The Morgan fingerprint density at radius 1 is 1.06 bits per heavy atom. The molecule has 0 aliphatic carbocycles.